The molecule has 0 N–H and O–H groups in total. The van der Waals surface area contributed by atoms with E-state index in [2.05, 4.69) is 91.5 Å². The molecule has 7 aromatic rings. The van der Waals surface area contributed by atoms with E-state index >= 15 is 0 Å². The molecule has 239 valence electrons. The van der Waals surface area contributed by atoms with E-state index in [9.17, 15) is 0 Å². The molecule has 0 saturated heterocycles. The van der Waals surface area contributed by atoms with Crippen molar-refractivity contribution in [3.63, 3.8) is 0 Å². The van der Waals surface area contributed by atoms with Crippen LogP contribution in [0.25, 0.3) is 50.5 Å². The molecule has 3 nitrogen and oxygen atoms in total. The zero-order valence-corrected chi connectivity index (χ0v) is 28.7. The molecule has 4 heteroatoms. The summed E-state index contributed by atoms with van der Waals surface area (Å²) in [6.07, 6.45) is 7.65. The van der Waals surface area contributed by atoms with Gasteiger partial charge in [-0.05, 0) is 54.6 Å². The molecule has 7 rings (SSSR count). The van der Waals surface area contributed by atoms with Crippen molar-refractivity contribution in [3.05, 3.63) is 201 Å². The average Bonchev–Trinajstić information content (AvgIpc) is 3.17. The number of hydrogen-bond donors (Lipinski definition) is 0. The topological polar surface area (TPSA) is 29.7 Å². The van der Waals surface area contributed by atoms with Crippen LogP contribution >= 0.6 is 0 Å². The molecule has 0 unspecified atom stereocenters. The Labute approximate surface area is 298 Å². The molecule has 0 amide bonds. The fourth-order valence-electron chi connectivity index (χ4n) is 4.73. The summed E-state index contributed by atoms with van der Waals surface area (Å²) in [5.41, 5.74) is 11.1. The van der Waals surface area contributed by atoms with Crippen LogP contribution in [0.3, 0.4) is 0 Å². The second-order valence-electron chi connectivity index (χ2n) is 10.6. The molecule has 0 atom stereocenters. The van der Waals surface area contributed by atoms with Crippen LogP contribution in [-0.2, 0) is 19.5 Å². The first-order valence-electron chi connectivity index (χ1n) is 15.5. The maximum absolute atomic E-state index is 4.22. The van der Waals surface area contributed by atoms with Crippen molar-refractivity contribution in [1.29, 1.82) is 0 Å². The number of rotatable bonds is 5. The molecule has 0 fully saturated rings. The van der Waals surface area contributed by atoms with Crippen LogP contribution in [-0.4, -0.2) is 9.97 Å². The summed E-state index contributed by atoms with van der Waals surface area (Å²) in [5.74, 6) is 0. The van der Waals surface area contributed by atoms with Gasteiger partial charge in [0.2, 0.25) is 0 Å². The minimum Gasteiger partial charge on any atom is -0.321 e. The van der Waals surface area contributed by atoms with Crippen molar-refractivity contribution in [1.82, 2.24) is 9.97 Å². The second-order valence-corrected chi connectivity index (χ2v) is 10.6. The predicted molar refractivity (Wildman–Crippen MR) is 193 cm³/mol. The Kier molecular flexibility index (Phi) is 13.8. The monoisotopic (exact) mass is 709 g/mol. The molecule has 0 spiro atoms. The van der Waals surface area contributed by atoms with E-state index < -0.39 is 0 Å². The van der Waals surface area contributed by atoms with Gasteiger partial charge in [-0.3, -0.25) is 0 Å². The van der Waals surface area contributed by atoms with Gasteiger partial charge in [-0.15, -0.1) is 96.1 Å². The average molecular weight is 710 g/mol. The first-order chi connectivity index (χ1) is 23.1. The fourth-order valence-corrected chi connectivity index (χ4v) is 4.73. The Morgan fingerprint density at radius 1 is 0.604 bits per heavy atom. The maximum Gasteiger partial charge on any atom is 0.115 e. The van der Waals surface area contributed by atoms with Gasteiger partial charge in [0.25, 0.3) is 0 Å². The Morgan fingerprint density at radius 3 is 1.62 bits per heavy atom. The van der Waals surface area contributed by atoms with E-state index in [1.165, 1.54) is 22.3 Å². The van der Waals surface area contributed by atoms with E-state index in [-0.39, 0.29) is 19.5 Å². The van der Waals surface area contributed by atoms with Gasteiger partial charge in [-0.1, -0.05) is 83.4 Å². The number of aromatic nitrogens is 3. The van der Waals surface area contributed by atoms with Gasteiger partial charge in [0.1, 0.15) is 5.69 Å². The van der Waals surface area contributed by atoms with Gasteiger partial charge in [0.05, 0.1) is 6.20 Å². The fraction of sp³-hybridized carbons (Fsp3) is 0.0455. The molecule has 48 heavy (non-hydrogen) atoms. The summed E-state index contributed by atoms with van der Waals surface area (Å²) in [7, 11) is 4.00. The van der Waals surface area contributed by atoms with Crippen LogP contribution in [0.15, 0.2) is 170 Å². The number of hydrogen-bond acceptors (Lipinski definition) is 2. The molecular formula is C44H36N3Rh-3. The van der Waals surface area contributed by atoms with E-state index in [0.717, 1.165) is 33.8 Å². The van der Waals surface area contributed by atoms with Gasteiger partial charge in [-0.25, -0.2) is 0 Å². The largest absolute Gasteiger partial charge is 0.321 e. The standard InChI is InChI=1S/C22H20N.2C11H8N.Rh/c1-4-17(2)18-8-10-19(11-9-18)20-12-14-21(15-13-20)22-7-5-6-16-23(22)3;2*1-2-6-10(7-3-1)11-8-4-5-9-12-11;/h4-14,16H,3H2,1-2H3;2*1-6,8-9H;/q3*-1;. The maximum atomic E-state index is 4.22. The number of nitrogens with zero attached hydrogens (tertiary/aromatic N) is 3. The summed E-state index contributed by atoms with van der Waals surface area (Å²) in [6.45, 7) is 4.20. The SMILES string of the molecule is [CH2-][n+]1ccccc1-c1[c-]cc(-c2ccc(C(C)=CC)cc2)cc1.[Rh].[c-]1ccccc1-c1ccccn1.[c-]1ccccc1-c1ccccn1. The molecule has 0 saturated carbocycles. The van der Waals surface area contributed by atoms with Crippen LogP contribution in [0.2, 0.25) is 0 Å². The summed E-state index contributed by atoms with van der Waals surface area (Å²) < 4.78 is 1.86. The number of benzene rings is 4. The van der Waals surface area contributed by atoms with Crippen molar-refractivity contribution < 1.29 is 24.0 Å². The third-order valence-electron chi connectivity index (χ3n) is 7.44. The molecule has 1 radical (unpaired) electrons. The van der Waals surface area contributed by atoms with Crippen molar-refractivity contribution in [2.75, 3.05) is 0 Å². The smallest absolute Gasteiger partial charge is 0.115 e. The Hall–Kier alpha value is -5.44. The molecular weight excluding hydrogens is 673 g/mol. The van der Waals surface area contributed by atoms with E-state index in [0.29, 0.717) is 0 Å². The predicted octanol–water partition coefficient (Wildman–Crippen LogP) is 10.3. The van der Waals surface area contributed by atoms with E-state index in [1.807, 2.05) is 120 Å². The van der Waals surface area contributed by atoms with Crippen LogP contribution in [0, 0.1) is 25.2 Å². The minimum atomic E-state index is 0. The molecule has 3 aromatic heterocycles. The first-order valence-corrected chi connectivity index (χ1v) is 15.5. The minimum absolute atomic E-state index is 0. The first kappa shape index (κ1) is 35.4. The van der Waals surface area contributed by atoms with E-state index in [1.54, 1.807) is 12.4 Å². The normalized spacial score (nSPS) is 10.3. The summed E-state index contributed by atoms with van der Waals surface area (Å²) in [5, 5.41) is 0. The molecule has 0 bridgehead atoms. The van der Waals surface area contributed by atoms with Crippen LogP contribution in [0.5, 0.6) is 0 Å². The molecule has 0 aliphatic heterocycles. The zero-order chi connectivity index (χ0) is 32.7. The third kappa shape index (κ3) is 10.0. The van der Waals surface area contributed by atoms with Crippen molar-refractivity contribution in [2.24, 2.45) is 0 Å². The van der Waals surface area contributed by atoms with Crippen molar-refractivity contribution in [3.8, 4) is 44.9 Å². The number of pyridine rings is 3. The summed E-state index contributed by atoms with van der Waals surface area (Å²) in [6, 6.07) is 58.0. The van der Waals surface area contributed by atoms with Crippen molar-refractivity contribution in [2.45, 2.75) is 13.8 Å². The summed E-state index contributed by atoms with van der Waals surface area (Å²) in [4.78, 5) is 8.44. The van der Waals surface area contributed by atoms with Crippen LogP contribution < -0.4 is 4.57 Å². The zero-order valence-electron chi connectivity index (χ0n) is 27.0. The molecule has 0 aliphatic carbocycles. The van der Waals surface area contributed by atoms with Crippen LogP contribution in [0.1, 0.15) is 19.4 Å². The second kappa shape index (κ2) is 18.6. The Balaban J connectivity index is 0.000000176. The van der Waals surface area contributed by atoms with Crippen molar-refractivity contribution >= 4 is 5.57 Å². The molecule has 4 aromatic carbocycles. The quantitative estimate of drug-likeness (QED) is 0.101. The summed E-state index contributed by atoms with van der Waals surface area (Å²) >= 11 is 0. The van der Waals surface area contributed by atoms with Gasteiger partial charge in [0.15, 0.2) is 0 Å². The Bertz CT molecular complexity index is 1810. The van der Waals surface area contributed by atoms with E-state index in [4.69, 9.17) is 0 Å². The molecule has 3 heterocycles. The van der Waals surface area contributed by atoms with Gasteiger partial charge >= 0.3 is 0 Å². The van der Waals surface area contributed by atoms with Crippen LogP contribution in [0.4, 0.5) is 0 Å². The van der Waals surface area contributed by atoms with Gasteiger partial charge in [-0.2, -0.15) is 0 Å². The molecule has 0 aliphatic rings. The third-order valence-corrected chi connectivity index (χ3v) is 7.44. The van der Waals surface area contributed by atoms with Gasteiger partial charge < -0.3 is 14.5 Å². The number of allylic oxidation sites excluding steroid dienone is 2. The van der Waals surface area contributed by atoms with Gasteiger partial charge in [0, 0.05) is 38.9 Å². The Morgan fingerprint density at radius 2 is 1.17 bits per heavy atom.